The number of rotatable bonds is 8. The summed E-state index contributed by atoms with van der Waals surface area (Å²) >= 11 is 0. The number of unbranched alkanes of at least 4 members (excludes halogenated alkanes) is 1. The van der Waals surface area contributed by atoms with Gasteiger partial charge in [-0.15, -0.1) is 0 Å². The molecule has 0 saturated heterocycles. The SMILES string of the molecule is CCCCON(CC(=O)O)C(=C=O)C(=O)O. The predicted octanol–water partition coefficient (Wildman–Crippen LogP) is -0.0952. The van der Waals surface area contributed by atoms with Gasteiger partial charge in [0.05, 0.1) is 6.61 Å². The van der Waals surface area contributed by atoms with Crippen LogP contribution >= 0.6 is 0 Å². The van der Waals surface area contributed by atoms with Crippen molar-refractivity contribution in [3.05, 3.63) is 5.70 Å². The Kier molecular flexibility index (Phi) is 6.58. The summed E-state index contributed by atoms with van der Waals surface area (Å²) in [5, 5.41) is 17.6. The van der Waals surface area contributed by atoms with E-state index in [9.17, 15) is 14.4 Å². The molecule has 0 spiro atoms. The van der Waals surface area contributed by atoms with Crippen LogP contribution in [0.4, 0.5) is 0 Å². The molecule has 0 bridgehead atoms. The first-order valence-electron chi connectivity index (χ1n) is 4.63. The summed E-state index contributed by atoms with van der Waals surface area (Å²) in [5.41, 5.74) is -0.849. The minimum atomic E-state index is -1.58. The van der Waals surface area contributed by atoms with E-state index in [2.05, 4.69) is 0 Å². The summed E-state index contributed by atoms with van der Waals surface area (Å²) in [6.45, 7) is 1.31. The zero-order valence-electron chi connectivity index (χ0n) is 8.80. The van der Waals surface area contributed by atoms with Crippen LogP contribution in [0.1, 0.15) is 19.8 Å². The van der Waals surface area contributed by atoms with Gasteiger partial charge in [-0.05, 0) is 6.42 Å². The topological polar surface area (TPSA) is 104 Å². The molecule has 0 rings (SSSR count). The number of hydrogen-bond acceptors (Lipinski definition) is 5. The monoisotopic (exact) mass is 231 g/mol. The molecule has 0 unspecified atom stereocenters. The van der Waals surface area contributed by atoms with E-state index in [1.54, 1.807) is 0 Å². The van der Waals surface area contributed by atoms with Crippen LogP contribution in [-0.2, 0) is 19.2 Å². The van der Waals surface area contributed by atoms with Crippen LogP contribution in [0.2, 0.25) is 0 Å². The van der Waals surface area contributed by atoms with E-state index >= 15 is 0 Å². The lowest BCUT2D eigenvalue weighted by Gasteiger charge is -2.19. The minimum absolute atomic E-state index is 0.141. The Morgan fingerprint density at radius 1 is 1.38 bits per heavy atom. The maximum atomic E-state index is 10.6. The summed E-state index contributed by atoms with van der Waals surface area (Å²) in [7, 11) is 0. The fourth-order valence-electron chi connectivity index (χ4n) is 0.832. The number of nitrogens with zero attached hydrogens (tertiary/aromatic N) is 1. The van der Waals surface area contributed by atoms with Crippen molar-refractivity contribution in [1.82, 2.24) is 5.06 Å². The molecule has 2 N–H and O–H groups in total. The van der Waals surface area contributed by atoms with Gasteiger partial charge in [-0.25, -0.2) is 14.7 Å². The lowest BCUT2D eigenvalue weighted by molar-refractivity contribution is -0.169. The number of carboxylic acid groups (broad SMARTS) is 2. The van der Waals surface area contributed by atoms with Crippen molar-refractivity contribution in [2.45, 2.75) is 19.8 Å². The Hall–Kier alpha value is -1.85. The van der Waals surface area contributed by atoms with Crippen LogP contribution in [0.15, 0.2) is 5.70 Å². The van der Waals surface area contributed by atoms with Gasteiger partial charge in [0, 0.05) is 0 Å². The van der Waals surface area contributed by atoms with Crippen LogP contribution in [0.25, 0.3) is 0 Å². The van der Waals surface area contributed by atoms with Gasteiger partial charge in [-0.1, -0.05) is 13.3 Å². The Bertz CT molecular complexity index is 307. The summed E-state index contributed by atoms with van der Waals surface area (Å²) in [6.07, 6.45) is 1.43. The number of carboxylic acids is 2. The van der Waals surface area contributed by atoms with E-state index in [1.807, 2.05) is 6.92 Å². The molecule has 0 aliphatic heterocycles. The van der Waals surface area contributed by atoms with Crippen LogP contribution in [0.5, 0.6) is 0 Å². The van der Waals surface area contributed by atoms with Crippen molar-refractivity contribution < 1.29 is 29.4 Å². The van der Waals surface area contributed by atoms with Crippen LogP contribution < -0.4 is 0 Å². The number of carbonyl (C=O) groups is 2. The number of aliphatic carboxylic acids is 2. The molecule has 0 aromatic heterocycles. The maximum absolute atomic E-state index is 10.6. The molecule has 0 radical (unpaired) electrons. The largest absolute Gasteiger partial charge is 0.480 e. The fraction of sp³-hybridized carbons (Fsp3) is 0.556. The Balaban J connectivity index is 4.58. The zero-order valence-corrected chi connectivity index (χ0v) is 8.80. The minimum Gasteiger partial charge on any atom is -0.480 e. The molecule has 0 aliphatic carbocycles. The quantitative estimate of drug-likeness (QED) is 0.260. The van der Waals surface area contributed by atoms with Crippen molar-refractivity contribution >= 4 is 17.9 Å². The van der Waals surface area contributed by atoms with Gasteiger partial charge in [0.1, 0.15) is 6.54 Å². The Morgan fingerprint density at radius 3 is 2.38 bits per heavy atom. The second-order valence-electron chi connectivity index (χ2n) is 2.87. The Labute approximate surface area is 91.9 Å². The van der Waals surface area contributed by atoms with E-state index in [0.29, 0.717) is 11.5 Å². The van der Waals surface area contributed by atoms with Gasteiger partial charge < -0.3 is 10.2 Å². The van der Waals surface area contributed by atoms with Crippen LogP contribution in [0.3, 0.4) is 0 Å². The molecule has 0 amide bonds. The highest BCUT2D eigenvalue weighted by molar-refractivity contribution is 5.94. The Morgan fingerprint density at radius 2 is 2.00 bits per heavy atom. The molecule has 0 aromatic carbocycles. The van der Waals surface area contributed by atoms with Gasteiger partial charge >= 0.3 is 11.9 Å². The molecule has 0 aliphatic rings. The summed E-state index contributed by atoms with van der Waals surface area (Å²) < 4.78 is 0. The molecule has 0 heterocycles. The molecule has 7 nitrogen and oxygen atoms in total. The van der Waals surface area contributed by atoms with E-state index in [1.165, 1.54) is 0 Å². The molecule has 7 heteroatoms. The second-order valence-corrected chi connectivity index (χ2v) is 2.87. The zero-order chi connectivity index (χ0) is 12.6. The smallest absolute Gasteiger partial charge is 0.366 e. The first-order chi connectivity index (χ1) is 7.52. The highest BCUT2D eigenvalue weighted by Crippen LogP contribution is 2.03. The number of carbonyl (C=O) groups excluding carboxylic acids is 1. The van der Waals surface area contributed by atoms with Crippen molar-refractivity contribution in [3.8, 4) is 0 Å². The van der Waals surface area contributed by atoms with Gasteiger partial charge in [0.15, 0.2) is 5.94 Å². The van der Waals surface area contributed by atoms with Gasteiger partial charge in [-0.3, -0.25) is 9.63 Å². The molecule has 0 aromatic rings. The molecular formula is C9H13NO6. The van der Waals surface area contributed by atoms with Crippen LogP contribution in [-0.4, -0.2) is 46.3 Å². The molecular weight excluding hydrogens is 218 g/mol. The molecule has 16 heavy (non-hydrogen) atoms. The highest BCUT2D eigenvalue weighted by Gasteiger charge is 2.21. The van der Waals surface area contributed by atoms with Gasteiger partial charge in [-0.2, -0.15) is 0 Å². The average Bonchev–Trinajstić information content (AvgIpc) is 2.17. The fourth-order valence-corrected chi connectivity index (χ4v) is 0.832. The van der Waals surface area contributed by atoms with Crippen molar-refractivity contribution in [2.75, 3.05) is 13.2 Å². The average molecular weight is 231 g/mol. The van der Waals surface area contributed by atoms with Gasteiger partial charge in [0.25, 0.3) is 0 Å². The normalized spacial score (nSPS) is 9.31. The van der Waals surface area contributed by atoms with E-state index in [-0.39, 0.29) is 6.61 Å². The molecule has 90 valence electrons. The van der Waals surface area contributed by atoms with E-state index in [4.69, 9.17) is 15.1 Å². The van der Waals surface area contributed by atoms with Crippen molar-refractivity contribution in [3.63, 3.8) is 0 Å². The van der Waals surface area contributed by atoms with Gasteiger partial charge in [0.2, 0.25) is 5.70 Å². The second kappa shape index (κ2) is 7.44. The van der Waals surface area contributed by atoms with Crippen molar-refractivity contribution in [2.24, 2.45) is 0 Å². The molecule has 0 fully saturated rings. The standard InChI is InChI=1S/C9H13NO6/c1-2-3-4-16-10(5-8(12)13)7(6-11)9(14)15/h2-5H2,1H3,(H,12,13)(H,14,15). The lowest BCUT2D eigenvalue weighted by Crippen LogP contribution is -2.33. The predicted molar refractivity (Wildman–Crippen MR) is 52.0 cm³/mol. The first kappa shape index (κ1) is 14.2. The molecule has 0 saturated carbocycles. The van der Waals surface area contributed by atoms with Crippen LogP contribution in [0, 0.1) is 0 Å². The third-order valence-electron chi connectivity index (χ3n) is 1.57. The van der Waals surface area contributed by atoms with Crippen molar-refractivity contribution in [1.29, 1.82) is 0 Å². The first-order valence-corrected chi connectivity index (χ1v) is 4.63. The molecule has 0 atom stereocenters. The third kappa shape index (κ3) is 5.14. The number of hydrogen-bond donors (Lipinski definition) is 2. The van der Waals surface area contributed by atoms with E-state index < -0.39 is 24.2 Å². The highest BCUT2D eigenvalue weighted by atomic mass is 16.7. The summed E-state index contributed by atoms with van der Waals surface area (Å²) in [6, 6.07) is 0. The lowest BCUT2D eigenvalue weighted by atomic mass is 10.4. The maximum Gasteiger partial charge on any atom is 0.366 e. The summed E-state index contributed by atoms with van der Waals surface area (Å²) in [5.74, 6) is -1.74. The third-order valence-corrected chi connectivity index (χ3v) is 1.57. The number of hydroxylamine groups is 2. The van der Waals surface area contributed by atoms with E-state index in [0.717, 1.165) is 12.4 Å². The summed E-state index contributed by atoms with van der Waals surface area (Å²) in [4.78, 5) is 36.2.